The molecule has 0 saturated heterocycles. The minimum Gasteiger partial charge on any atom is -0.250 e. The summed E-state index contributed by atoms with van der Waals surface area (Å²) >= 11 is 0. The molecule has 1 saturated carbocycles. The average molecular weight is 207 g/mol. The molecule has 0 radical (unpaired) electrons. The Kier molecular flexibility index (Phi) is 3.39. The van der Waals surface area contributed by atoms with Gasteiger partial charge in [0.15, 0.2) is 0 Å². The molecule has 0 amide bonds. The number of rotatable bonds is 3. The van der Waals surface area contributed by atoms with Gasteiger partial charge < -0.3 is 0 Å². The summed E-state index contributed by atoms with van der Waals surface area (Å²) in [6.45, 7) is 4.41. The summed E-state index contributed by atoms with van der Waals surface area (Å²) in [5.74, 6) is 1.93. The molecule has 2 rings (SSSR count). The van der Waals surface area contributed by atoms with E-state index in [-0.39, 0.29) is 0 Å². The van der Waals surface area contributed by atoms with Gasteiger partial charge in [-0.25, -0.2) is 9.67 Å². The summed E-state index contributed by atoms with van der Waals surface area (Å²) in [7, 11) is 0. The Morgan fingerprint density at radius 1 is 1.27 bits per heavy atom. The summed E-state index contributed by atoms with van der Waals surface area (Å²) in [5.41, 5.74) is 0. The van der Waals surface area contributed by atoms with Crippen LogP contribution in [0.4, 0.5) is 0 Å². The molecule has 0 aliphatic heterocycles. The first-order valence-corrected chi connectivity index (χ1v) is 6.23. The number of nitrogens with zero attached hydrogens (tertiary/aromatic N) is 3. The van der Waals surface area contributed by atoms with Crippen LogP contribution in [0, 0.1) is 5.92 Å². The Hall–Kier alpha value is -0.860. The summed E-state index contributed by atoms with van der Waals surface area (Å²) in [4.78, 5) is 4.30. The molecular weight excluding hydrogens is 186 g/mol. The molecule has 1 aromatic heterocycles. The molecule has 1 fully saturated rings. The van der Waals surface area contributed by atoms with E-state index in [2.05, 4.69) is 28.6 Å². The average Bonchev–Trinajstić information content (AvgIpc) is 2.78. The largest absolute Gasteiger partial charge is 0.250 e. The van der Waals surface area contributed by atoms with E-state index in [9.17, 15) is 0 Å². The smallest absolute Gasteiger partial charge is 0.150 e. The van der Waals surface area contributed by atoms with Crippen molar-refractivity contribution in [2.45, 2.75) is 58.4 Å². The molecular formula is C12H21N3. The van der Waals surface area contributed by atoms with Crippen molar-refractivity contribution in [1.82, 2.24) is 14.8 Å². The zero-order valence-electron chi connectivity index (χ0n) is 9.82. The molecule has 0 N–H and O–H groups in total. The SMILES string of the molecule is CCc1ncn([C@H]2CC[C@H](CC)CC2)n1. The molecule has 0 bridgehead atoms. The van der Waals surface area contributed by atoms with Crippen LogP contribution in [0.2, 0.25) is 0 Å². The highest BCUT2D eigenvalue weighted by molar-refractivity contribution is 4.84. The molecule has 0 unspecified atom stereocenters. The molecule has 84 valence electrons. The third-order valence-corrected chi connectivity index (χ3v) is 3.64. The zero-order valence-corrected chi connectivity index (χ0v) is 9.82. The number of aromatic nitrogens is 3. The molecule has 0 aromatic carbocycles. The van der Waals surface area contributed by atoms with Crippen LogP contribution >= 0.6 is 0 Å². The first-order chi connectivity index (χ1) is 7.33. The second-order valence-corrected chi connectivity index (χ2v) is 4.58. The minimum atomic E-state index is 0.612. The number of aryl methyl sites for hydroxylation is 1. The van der Waals surface area contributed by atoms with Gasteiger partial charge in [0, 0.05) is 6.42 Å². The van der Waals surface area contributed by atoms with Gasteiger partial charge in [-0.05, 0) is 31.6 Å². The molecule has 3 nitrogen and oxygen atoms in total. The van der Waals surface area contributed by atoms with E-state index in [1.165, 1.54) is 32.1 Å². The third-order valence-electron chi connectivity index (χ3n) is 3.64. The maximum absolute atomic E-state index is 4.51. The van der Waals surface area contributed by atoms with Crippen LogP contribution in [0.1, 0.15) is 57.8 Å². The van der Waals surface area contributed by atoms with Gasteiger partial charge in [0.25, 0.3) is 0 Å². The number of hydrogen-bond donors (Lipinski definition) is 0. The Labute approximate surface area is 91.9 Å². The van der Waals surface area contributed by atoms with Gasteiger partial charge in [0.1, 0.15) is 12.2 Å². The summed E-state index contributed by atoms with van der Waals surface area (Å²) < 4.78 is 2.09. The molecule has 0 atom stereocenters. The van der Waals surface area contributed by atoms with Gasteiger partial charge in [0.05, 0.1) is 6.04 Å². The quantitative estimate of drug-likeness (QED) is 0.763. The van der Waals surface area contributed by atoms with Crippen molar-refractivity contribution in [2.24, 2.45) is 5.92 Å². The van der Waals surface area contributed by atoms with E-state index in [0.29, 0.717) is 6.04 Å². The second-order valence-electron chi connectivity index (χ2n) is 4.58. The standard InChI is InChI=1S/C12H21N3/c1-3-10-5-7-11(8-6-10)15-9-13-12(4-2)14-15/h9-11H,3-8H2,1-2H3/t10-,11-. The van der Waals surface area contributed by atoms with Crippen molar-refractivity contribution in [3.8, 4) is 0 Å². The molecule has 1 aliphatic rings. The summed E-state index contributed by atoms with van der Waals surface area (Å²) in [6, 6.07) is 0.612. The Bertz CT molecular complexity index is 298. The lowest BCUT2D eigenvalue weighted by atomic mass is 9.85. The predicted molar refractivity (Wildman–Crippen MR) is 60.7 cm³/mol. The van der Waals surface area contributed by atoms with Gasteiger partial charge >= 0.3 is 0 Å². The molecule has 0 spiro atoms. The normalized spacial score (nSPS) is 26.8. The van der Waals surface area contributed by atoms with E-state index in [1.54, 1.807) is 0 Å². The molecule has 1 aromatic rings. The highest BCUT2D eigenvalue weighted by Crippen LogP contribution is 2.32. The highest BCUT2D eigenvalue weighted by atomic mass is 15.3. The van der Waals surface area contributed by atoms with Crippen LogP contribution in [0.25, 0.3) is 0 Å². The van der Waals surface area contributed by atoms with E-state index in [1.807, 2.05) is 6.33 Å². The van der Waals surface area contributed by atoms with Crippen LogP contribution < -0.4 is 0 Å². The lowest BCUT2D eigenvalue weighted by molar-refractivity contribution is 0.255. The van der Waals surface area contributed by atoms with Gasteiger partial charge in [-0.3, -0.25) is 0 Å². The Balaban J connectivity index is 1.95. The van der Waals surface area contributed by atoms with Crippen LogP contribution in [0.5, 0.6) is 0 Å². The second kappa shape index (κ2) is 4.77. The van der Waals surface area contributed by atoms with E-state index < -0.39 is 0 Å². The fourth-order valence-electron chi connectivity index (χ4n) is 2.47. The van der Waals surface area contributed by atoms with Crippen LogP contribution in [-0.4, -0.2) is 14.8 Å². The first-order valence-electron chi connectivity index (χ1n) is 6.23. The first kappa shape index (κ1) is 10.7. The van der Waals surface area contributed by atoms with Crippen molar-refractivity contribution in [1.29, 1.82) is 0 Å². The minimum absolute atomic E-state index is 0.612. The fraction of sp³-hybridized carbons (Fsp3) is 0.833. The Morgan fingerprint density at radius 2 is 2.00 bits per heavy atom. The maximum Gasteiger partial charge on any atom is 0.150 e. The lowest BCUT2D eigenvalue weighted by Gasteiger charge is -2.27. The van der Waals surface area contributed by atoms with E-state index in [0.717, 1.165) is 18.2 Å². The van der Waals surface area contributed by atoms with Crippen LogP contribution in [0.3, 0.4) is 0 Å². The molecule has 1 heterocycles. The van der Waals surface area contributed by atoms with Crippen molar-refractivity contribution in [3.05, 3.63) is 12.2 Å². The van der Waals surface area contributed by atoms with Crippen molar-refractivity contribution < 1.29 is 0 Å². The molecule has 15 heavy (non-hydrogen) atoms. The fourth-order valence-corrected chi connectivity index (χ4v) is 2.47. The molecule has 1 aliphatic carbocycles. The van der Waals surface area contributed by atoms with E-state index >= 15 is 0 Å². The van der Waals surface area contributed by atoms with Crippen LogP contribution in [-0.2, 0) is 6.42 Å². The van der Waals surface area contributed by atoms with Crippen molar-refractivity contribution in [3.63, 3.8) is 0 Å². The summed E-state index contributed by atoms with van der Waals surface area (Å²) in [5, 5.41) is 4.51. The maximum atomic E-state index is 4.51. The topological polar surface area (TPSA) is 30.7 Å². The van der Waals surface area contributed by atoms with Gasteiger partial charge in [-0.1, -0.05) is 20.3 Å². The summed E-state index contributed by atoms with van der Waals surface area (Å²) in [6.07, 6.45) is 9.48. The van der Waals surface area contributed by atoms with E-state index in [4.69, 9.17) is 0 Å². The monoisotopic (exact) mass is 207 g/mol. The van der Waals surface area contributed by atoms with Crippen LogP contribution in [0.15, 0.2) is 6.33 Å². The zero-order chi connectivity index (χ0) is 10.7. The Morgan fingerprint density at radius 3 is 2.53 bits per heavy atom. The molecule has 3 heteroatoms. The van der Waals surface area contributed by atoms with Crippen molar-refractivity contribution >= 4 is 0 Å². The third kappa shape index (κ3) is 2.39. The predicted octanol–water partition coefficient (Wildman–Crippen LogP) is 2.98. The lowest BCUT2D eigenvalue weighted by Crippen LogP contribution is -2.18. The van der Waals surface area contributed by atoms with Gasteiger partial charge in [-0.2, -0.15) is 5.10 Å². The van der Waals surface area contributed by atoms with Crippen molar-refractivity contribution in [2.75, 3.05) is 0 Å². The highest BCUT2D eigenvalue weighted by Gasteiger charge is 2.21. The van der Waals surface area contributed by atoms with Gasteiger partial charge in [-0.15, -0.1) is 0 Å². The number of hydrogen-bond acceptors (Lipinski definition) is 2. The van der Waals surface area contributed by atoms with Gasteiger partial charge in [0.2, 0.25) is 0 Å².